The van der Waals surface area contributed by atoms with Crippen molar-refractivity contribution in [3.63, 3.8) is 0 Å². The highest BCUT2D eigenvalue weighted by molar-refractivity contribution is 5.88. The van der Waals surface area contributed by atoms with Crippen LogP contribution in [0.15, 0.2) is 54.0 Å². The minimum atomic E-state index is -0.431. The van der Waals surface area contributed by atoms with Crippen molar-refractivity contribution in [1.29, 1.82) is 0 Å². The maximum Gasteiger partial charge on any atom is 0.237 e. The molecule has 0 bridgehead atoms. The van der Waals surface area contributed by atoms with Crippen LogP contribution < -0.4 is 11.5 Å². The molecule has 5 heteroatoms. The summed E-state index contributed by atoms with van der Waals surface area (Å²) in [7, 11) is 0. The number of amides is 1. The quantitative estimate of drug-likeness (QED) is 0.908. The molecular weight excluding hydrogens is 288 g/mol. The van der Waals surface area contributed by atoms with E-state index in [1.54, 1.807) is 4.90 Å². The molecule has 1 amide bonds. The summed E-state index contributed by atoms with van der Waals surface area (Å²) < 4.78 is 0. The molecule has 0 radical (unpaired) electrons. The molecule has 0 unspecified atom stereocenters. The van der Waals surface area contributed by atoms with Crippen molar-refractivity contribution in [3.8, 4) is 11.1 Å². The number of hydrogen-bond donors (Lipinski definition) is 2. The lowest BCUT2D eigenvalue weighted by Gasteiger charge is -2.27. The first kappa shape index (κ1) is 14.8. The summed E-state index contributed by atoms with van der Waals surface area (Å²) in [5.41, 5.74) is 16.2. The third-order valence-electron chi connectivity index (χ3n) is 3.84. The van der Waals surface area contributed by atoms with E-state index in [1.807, 2.05) is 36.4 Å². The van der Waals surface area contributed by atoms with Gasteiger partial charge in [0.1, 0.15) is 0 Å². The van der Waals surface area contributed by atoms with E-state index in [9.17, 15) is 4.79 Å². The van der Waals surface area contributed by atoms with Gasteiger partial charge in [-0.3, -0.25) is 4.79 Å². The molecule has 1 aliphatic rings. The minimum absolute atomic E-state index is 0.0578. The molecule has 5 nitrogen and oxygen atoms in total. The molecule has 0 aliphatic carbocycles. The third kappa shape index (κ3) is 2.94. The zero-order valence-electron chi connectivity index (χ0n) is 12.7. The van der Waals surface area contributed by atoms with Gasteiger partial charge in [-0.1, -0.05) is 43.0 Å². The van der Waals surface area contributed by atoms with Crippen LogP contribution in [-0.2, 0) is 11.3 Å². The van der Waals surface area contributed by atoms with Crippen LogP contribution >= 0.6 is 0 Å². The van der Waals surface area contributed by atoms with Crippen molar-refractivity contribution in [2.45, 2.75) is 6.54 Å². The lowest BCUT2D eigenvalue weighted by Crippen LogP contribution is -2.43. The van der Waals surface area contributed by atoms with Crippen molar-refractivity contribution in [1.82, 2.24) is 4.90 Å². The molecule has 23 heavy (non-hydrogen) atoms. The molecule has 0 atom stereocenters. The second-order valence-corrected chi connectivity index (χ2v) is 5.43. The Bertz CT molecular complexity index is 810. The first-order chi connectivity index (χ1) is 11.1. The SMILES string of the molecule is C=Cc1ccccc1-c1ccc2c(c1)CN(CC(N)=O)C(N)=N2. The number of hydrogen-bond acceptors (Lipinski definition) is 4. The van der Waals surface area contributed by atoms with Gasteiger partial charge in [0.05, 0.1) is 12.2 Å². The molecule has 116 valence electrons. The number of aliphatic imine (C=N–C) groups is 1. The van der Waals surface area contributed by atoms with E-state index >= 15 is 0 Å². The Labute approximate surface area is 134 Å². The molecule has 0 saturated carbocycles. The van der Waals surface area contributed by atoms with E-state index in [4.69, 9.17) is 11.5 Å². The molecule has 4 N–H and O–H groups in total. The Morgan fingerprint density at radius 3 is 2.83 bits per heavy atom. The standard InChI is InChI=1S/C18H18N4O/c1-2-12-5-3-4-6-15(12)13-7-8-16-14(9-13)10-22(11-17(19)23)18(20)21-16/h2-9H,1,10-11H2,(H2,19,23)(H2,20,21). The first-order valence-corrected chi connectivity index (χ1v) is 7.30. The minimum Gasteiger partial charge on any atom is -0.369 e. The molecule has 0 fully saturated rings. The normalized spacial score (nSPS) is 13.2. The Kier molecular flexibility index (Phi) is 3.85. The number of nitrogens with zero attached hydrogens (tertiary/aromatic N) is 2. The number of rotatable bonds is 4. The monoisotopic (exact) mass is 306 g/mol. The Hall–Kier alpha value is -3.08. The van der Waals surface area contributed by atoms with Crippen molar-refractivity contribution in [2.75, 3.05) is 6.54 Å². The largest absolute Gasteiger partial charge is 0.369 e. The van der Waals surface area contributed by atoms with Gasteiger partial charge in [0.15, 0.2) is 5.96 Å². The summed E-state index contributed by atoms with van der Waals surface area (Å²) in [6.45, 7) is 4.43. The Balaban J connectivity index is 2.01. The smallest absolute Gasteiger partial charge is 0.237 e. The van der Waals surface area contributed by atoms with Crippen LogP contribution in [0.4, 0.5) is 5.69 Å². The molecule has 3 rings (SSSR count). The van der Waals surface area contributed by atoms with Gasteiger partial charge in [-0.25, -0.2) is 4.99 Å². The number of fused-ring (bicyclic) bond motifs is 1. The second-order valence-electron chi connectivity index (χ2n) is 5.43. The highest BCUT2D eigenvalue weighted by Crippen LogP contribution is 2.32. The highest BCUT2D eigenvalue weighted by atomic mass is 16.1. The molecule has 2 aromatic rings. The zero-order valence-corrected chi connectivity index (χ0v) is 12.7. The summed E-state index contributed by atoms with van der Waals surface area (Å²) in [4.78, 5) is 17.2. The van der Waals surface area contributed by atoms with E-state index in [-0.39, 0.29) is 6.54 Å². The van der Waals surface area contributed by atoms with Crippen molar-refractivity contribution < 1.29 is 4.79 Å². The van der Waals surface area contributed by atoms with E-state index < -0.39 is 5.91 Å². The van der Waals surface area contributed by atoms with Crippen LogP contribution in [-0.4, -0.2) is 23.3 Å². The fourth-order valence-electron chi connectivity index (χ4n) is 2.73. The van der Waals surface area contributed by atoms with Crippen LogP contribution in [0.2, 0.25) is 0 Å². The molecule has 1 heterocycles. The van der Waals surface area contributed by atoms with Gasteiger partial charge in [0.2, 0.25) is 5.91 Å². The van der Waals surface area contributed by atoms with E-state index in [2.05, 4.69) is 23.7 Å². The van der Waals surface area contributed by atoms with Crippen molar-refractivity contribution in [3.05, 3.63) is 60.2 Å². The predicted molar refractivity (Wildman–Crippen MR) is 92.9 cm³/mol. The van der Waals surface area contributed by atoms with Crippen LogP contribution in [0.3, 0.4) is 0 Å². The van der Waals surface area contributed by atoms with E-state index in [0.717, 1.165) is 27.9 Å². The summed E-state index contributed by atoms with van der Waals surface area (Å²) in [5, 5.41) is 0. The highest BCUT2D eigenvalue weighted by Gasteiger charge is 2.19. The summed E-state index contributed by atoms with van der Waals surface area (Å²) in [6, 6.07) is 14.1. The van der Waals surface area contributed by atoms with Crippen LogP contribution in [0.5, 0.6) is 0 Å². The molecule has 0 spiro atoms. The molecule has 0 saturated heterocycles. The number of guanidine groups is 1. The number of benzene rings is 2. The second kappa shape index (κ2) is 5.96. The van der Waals surface area contributed by atoms with Crippen molar-refractivity contribution in [2.24, 2.45) is 16.5 Å². The number of nitrogens with two attached hydrogens (primary N) is 2. The number of carbonyl (C=O) groups is 1. The lowest BCUT2D eigenvalue weighted by atomic mass is 9.97. The molecule has 0 aromatic heterocycles. The molecule has 1 aliphatic heterocycles. The fraction of sp³-hybridized carbons (Fsp3) is 0.111. The van der Waals surface area contributed by atoms with Gasteiger partial charge in [0.25, 0.3) is 0 Å². The zero-order chi connectivity index (χ0) is 16.4. The summed E-state index contributed by atoms with van der Waals surface area (Å²) in [6.07, 6.45) is 1.84. The summed E-state index contributed by atoms with van der Waals surface area (Å²) >= 11 is 0. The number of primary amides is 1. The maximum absolute atomic E-state index is 11.2. The molecular formula is C18H18N4O. The Morgan fingerprint density at radius 2 is 2.09 bits per heavy atom. The maximum atomic E-state index is 11.2. The Morgan fingerprint density at radius 1 is 1.30 bits per heavy atom. The first-order valence-electron chi connectivity index (χ1n) is 7.30. The van der Waals surface area contributed by atoms with Gasteiger partial charge in [0, 0.05) is 6.54 Å². The average molecular weight is 306 g/mol. The topological polar surface area (TPSA) is 84.7 Å². The average Bonchev–Trinajstić information content (AvgIpc) is 2.54. The van der Waals surface area contributed by atoms with E-state index in [1.165, 1.54) is 0 Å². The van der Waals surface area contributed by atoms with Gasteiger partial charge in [-0.05, 0) is 34.4 Å². The van der Waals surface area contributed by atoms with Crippen LogP contribution in [0.1, 0.15) is 11.1 Å². The van der Waals surface area contributed by atoms with Gasteiger partial charge >= 0.3 is 0 Å². The van der Waals surface area contributed by atoms with Gasteiger partial charge < -0.3 is 16.4 Å². The van der Waals surface area contributed by atoms with Crippen LogP contribution in [0, 0.1) is 0 Å². The lowest BCUT2D eigenvalue weighted by molar-refractivity contribution is -0.118. The fourth-order valence-corrected chi connectivity index (χ4v) is 2.73. The number of carbonyl (C=O) groups excluding carboxylic acids is 1. The summed E-state index contributed by atoms with van der Waals surface area (Å²) in [5.74, 6) is -0.115. The third-order valence-corrected chi connectivity index (χ3v) is 3.84. The predicted octanol–water partition coefficient (Wildman–Crippen LogP) is 2.24. The van der Waals surface area contributed by atoms with Crippen molar-refractivity contribution >= 4 is 23.6 Å². The van der Waals surface area contributed by atoms with E-state index in [0.29, 0.717) is 12.5 Å². The van der Waals surface area contributed by atoms with Crippen LogP contribution in [0.25, 0.3) is 17.2 Å². The molecule has 2 aromatic carbocycles. The van der Waals surface area contributed by atoms with Gasteiger partial charge in [-0.15, -0.1) is 0 Å². The van der Waals surface area contributed by atoms with Gasteiger partial charge in [-0.2, -0.15) is 0 Å².